The SMILES string of the molecule is COc1c(C)c(C)c(Br)c(C)c1C(N)CC(C)N. The van der Waals surface area contributed by atoms with Gasteiger partial charge < -0.3 is 16.2 Å². The molecule has 3 nitrogen and oxygen atoms in total. The third-order valence-electron chi connectivity index (χ3n) is 3.41. The largest absolute Gasteiger partial charge is 0.496 e. The second-order valence-corrected chi connectivity index (χ2v) is 5.75. The normalized spacial score (nSPS) is 14.4. The molecule has 2 atom stereocenters. The van der Waals surface area contributed by atoms with E-state index in [1.807, 2.05) is 6.92 Å². The van der Waals surface area contributed by atoms with E-state index in [2.05, 4.69) is 36.7 Å². The van der Waals surface area contributed by atoms with Gasteiger partial charge in [-0.3, -0.25) is 0 Å². The van der Waals surface area contributed by atoms with Crippen LogP contribution in [0.15, 0.2) is 4.47 Å². The first-order chi connectivity index (χ1) is 8.31. The molecule has 0 bridgehead atoms. The van der Waals surface area contributed by atoms with Gasteiger partial charge in [0.05, 0.1) is 7.11 Å². The third-order valence-corrected chi connectivity index (χ3v) is 4.60. The van der Waals surface area contributed by atoms with Crippen LogP contribution in [0.2, 0.25) is 0 Å². The summed E-state index contributed by atoms with van der Waals surface area (Å²) in [7, 11) is 1.69. The molecule has 0 radical (unpaired) electrons. The highest BCUT2D eigenvalue weighted by atomic mass is 79.9. The monoisotopic (exact) mass is 314 g/mol. The molecule has 1 rings (SSSR count). The molecular formula is C14H23BrN2O. The fraction of sp³-hybridized carbons (Fsp3) is 0.571. The molecule has 2 unspecified atom stereocenters. The topological polar surface area (TPSA) is 61.3 Å². The van der Waals surface area contributed by atoms with Gasteiger partial charge in [0.25, 0.3) is 0 Å². The summed E-state index contributed by atoms with van der Waals surface area (Å²) in [6.45, 7) is 8.17. The molecule has 1 aromatic rings. The van der Waals surface area contributed by atoms with Crippen molar-refractivity contribution in [1.29, 1.82) is 0 Å². The maximum atomic E-state index is 6.28. The Morgan fingerprint density at radius 2 is 1.67 bits per heavy atom. The first kappa shape index (κ1) is 15.5. The van der Waals surface area contributed by atoms with Crippen LogP contribution in [0.4, 0.5) is 0 Å². The number of nitrogens with two attached hydrogens (primary N) is 2. The van der Waals surface area contributed by atoms with Crippen molar-refractivity contribution >= 4 is 15.9 Å². The summed E-state index contributed by atoms with van der Waals surface area (Å²) in [5.74, 6) is 0.890. The van der Waals surface area contributed by atoms with Crippen LogP contribution in [0.3, 0.4) is 0 Å². The van der Waals surface area contributed by atoms with Gasteiger partial charge in [-0.15, -0.1) is 0 Å². The predicted octanol–water partition coefficient (Wildman–Crippen LogP) is 3.12. The van der Waals surface area contributed by atoms with Crippen LogP contribution >= 0.6 is 15.9 Å². The summed E-state index contributed by atoms with van der Waals surface area (Å²) in [5, 5.41) is 0. The Balaban J connectivity index is 3.41. The van der Waals surface area contributed by atoms with E-state index < -0.39 is 0 Å². The van der Waals surface area contributed by atoms with Crippen molar-refractivity contribution in [2.75, 3.05) is 7.11 Å². The van der Waals surface area contributed by atoms with Crippen molar-refractivity contribution in [2.24, 2.45) is 11.5 Å². The minimum atomic E-state index is -0.101. The first-order valence-electron chi connectivity index (χ1n) is 6.15. The summed E-state index contributed by atoms with van der Waals surface area (Å²) >= 11 is 3.64. The van der Waals surface area contributed by atoms with Crippen molar-refractivity contribution in [1.82, 2.24) is 0 Å². The van der Waals surface area contributed by atoms with Gasteiger partial charge in [0.15, 0.2) is 0 Å². The van der Waals surface area contributed by atoms with Gasteiger partial charge >= 0.3 is 0 Å². The Bertz CT molecular complexity index is 444. The molecule has 0 amide bonds. The second kappa shape index (κ2) is 6.04. The standard InChI is InChI=1S/C14H23BrN2O/c1-7(16)6-11(17)12-10(4)13(15)8(2)9(3)14(12)18-5/h7,11H,6,16-17H2,1-5H3. The average molecular weight is 315 g/mol. The lowest BCUT2D eigenvalue weighted by Crippen LogP contribution is -2.24. The molecule has 18 heavy (non-hydrogen) atoms. The number of rotatable bonds is 4. The lowest BCUT2D eigenvalue weighted by Gasteiger charge is -2.24. The number of hydrogen-bond acceptors (Lipinski definition) is 3. The first-order valence-corrected chi connectivity index (χ1v) is 6.94. The van der Waals surface area contributed by atoms with Gasteiger partial charge in [-0.2, -0.15) is 0 Å². The van der Waals surface area contributed by atoms with Crippen LogP contribution in [-0.4, -0.2) is 13.2 Å². The smallest absolute Gasteiger partial charge is 0.127 e. The quantitative estimate of drug-likeness (QED) is 0.897. The van der Waals surface area contributed by atoms with Gasteiger partial charge in [-0.1, -0.05) is 15.9 Å². The van der Waals surface area contributed by atoms with Gasteiger partial charge in [-0.05, 0) is 50.8 Å². The highest BCUT2D eigenvalue weighted by Crippen LogP contribution is 2.39. The fourth-order valence-electron chi connectivity index (χ4n) is 2.33. The summed E-state index contributed by atoms with van der Waals surface area (Å²) < 4.78 is 6.66. The number of ether oxygens (including phenoxy) is 1. The van der Waals surface area contributed by atoms with Gasteiger partial charge in [0, 0.05) is 22.1 Å². The lowest BCUT2D eigenvalue weighted by molar-refractivity contribution is 0.398. The molecule has 1 aromatic carbocycles. The van der Waals surface area contributed by atoms with Crippen molar-refractivity contribution in [3.05, 3.63) is 26.7 Å². The van der Waals surface area contributed by atoms with E-state index in [0.717, 1.165) is 33.3 Å². The fourth-order valence-corrected chi connectivity index (χ4v) is 2.85. The van der Waals surface area contributed by atoms with Crippen molar-refractivity contribution < 1.29 is 4.74 Å². The van der Waals surface area contributed by atoms with E-state index >= 15 is 0 Å². The molecule has 0 fully saturated rings. The summed E-state index contributed by atoms with van der Waals surface area (Å²) in [5.41, 5.74) is 16.7. The average Bonchev–Trinajstić information content (AvgIpc) is 2.29. The molecule has 4 N–H and O–H groups in total. The van der Waals surface area contributed by atoms with E-state index in [1.165, 1.54) is 5.56 Å². The van der Waals surface area contributed by atoms with Crippen LogP contribution in [0.1, 0.15) is 41.6 Å². The van der Waals surface area contributed by atoms with Crippen LogP contribution in [0, 0.1) is 20.8 Å². The molecular weight excluding hydrogens is 292 g/mol. The second-order valence-electron chi connectivity index (χ2n) is 4.96. The minimum absolute atomic E-state index is 0.0736. The van der Waals surface area contributed by atoms with Crippen molar-refractivity contribution in [3.63, 3.8) is 0 Å². The lowest BCUT2D eigenvalue weighted by atomic mass is 9.91. The Labute approximate surface area is 118 Å². The molecule has 0 aromatic heterocycles. The number of hydrogen-bond donors (Lipinski definition) is 2. The van der Waals surface area contributed by atoms with Crippen LogP contribution < -0.4 is 16.2 Å². The van der Waals surface area contributed by atoms with Crippen LogP contribution in [0.25, 0.3) is 0 Å². The van der Waals surface area contributed by atoms with E-state index in [1.54, 1.807) is 7.11 Å². The van der Waals surface area contributed by atoms with Gasteiger partial charge in [0.2, 0.25) is 0 Å². The van der Waals surface area contributed by atoms with Gasteiger partial charge in [0.1, 0.15) is 5.75 Å². The Morgan fingerprint density at radius 1 is 1.11 bits per heavy atom. The van der Waals surface area contributed by atoms with Gasteiger partial charge in [-0.25, -0.2) is 0 Å². The molecule has 0 aliphatic rings. The molecule has 0 heterocycles. The third kappa shape index (κ3) is 2.87. The van der Waals surface area contributed by atoms with Crippen molar-refractivity contribution in [3.8, 4) is 5.75 Å². The highest BCUT2D eigenvalue weighted by molar-refractivity contribution is 9.10. The summed E-state index contributed by atoms with van der Waals surface area (Å²) in [4.78, 5) is 0. The molecule has 0 spiro atoms. The predicted molar refractivity (Wildman–Crippen MR) is 80.1 cm³/mol. The van der Waals surface area contributed by atoms with Crippen molar-refractivity contribution in [2.45, 2.75) is 46.2 Å². The van der Waals surface area contributed by atoms with E-state index in [-0.39, 0.29) is 12.1 Å². The Morgan fingerprint density at radius 3 is 2.11 bits per heavy atom. The molecule has 0 aliphatic heterocycles. The molecule has 0 saturated heterocycles. The van der Waals surface area contributed by atoms with E-state index in [0.29, 0.717) is 0 Å². The Kier molecular flexibility index (Phi) is 5.20. The number of benzene rings is 1. The van der Waals surface area contributed by atoms with E-state index in [4.69, 9.17) is 16.2 Å². The Hall–Kier alpha value is -0.580. The van der Waals surface area contributed by atoms with Crippen LogP contribution in [-0.2, 0) is 0 Å². The zero-order chi connectivity index (χ0) is 14.0. The zero-order valence-electron chi connectivity index (χ0n) is 11.8. The summed E-state index contributed by atoms with van der Waals surface area (Å²) in [6.07, 6.45) is 0.742. The maximum Gasteiger partial charge on any atom is 0.127 e. The zero-order valence-corrected chi connectivity index (χ0v) is 13.4. The molecule has 4 heteroatoms. The molecule has 0 saturated carbocycles. The minimum Gasteiger partial charge on any atom is -0.496 e. The van der Waals surface area contributed by atoms with Crippen LogP contribution in [0.5, 0.6) is 5.75 Å². The highest BCUT2D eigenvalue weighted by Gasteiger charge is 2.22. The summed E-state index contributed by atoms with van der Waals surface area (Å²) in [6, 6.07) is -0.0277. The maximum absolute atomic E-state index is 6.28. The molecule has 0 aliphatic carbocycles. The number of halogens is 1. The number of methoxy groups -OCH3 is 1. The van der Waals surface area contributed by atoms with E-state index in [9.17, 15) is 0 Å². The molecule has 102 valence electrons.